The van der Waals surface area contributed by atoms with Crippen LogP contribution in [-0.2, 0) is 4.79 Å². The zero-order chi connectivity index (χ0) is 17.4. The lowest BCUT2D eigenvalue weighted by Crippen LogP contribution is -2.47. The lowest BCUT2D eigenvalue weighted by atomic mass is 10.1. The van der Waals surface area contributed by atoms with E-state index in [1.165, 1.54) is 0 Å². The highest BCUT2D eigenvalue weighted by molar-refractivity contribution is 5.95. The summed E-state index contributed by atoms with van der Waals surface area (Å²) in [5, 5.41) is 0. The molecule has 1 fully saturated rings. The van der Waals surface area contributed by atoms with Crippen molar-refractivity contribution in [1.82, 2.24) is 14.8 Å². The van der Waals surface area contributed by atoms with E-state index in [4.69, 9.17) is 4.74 Å². The molecule has 0 saturated carbocycles. The molecule has 0 N–H and O–H groups in total. The Kier molecular flexibility index (Phi) is 7.34. The van der Waals surface area contributed by atoms with E-state index >= 15 is 0 Å². The van der Waals surface area contributed by atoms with E-state index in [1.807, 2.05) is 6.92 Å². The number of ketones is 2. The molecular formula is C18H27N3O3. The Morgan fingerprint density at radius 2 is 1.79 bits per heavy atom. The largest absolute Gasteiger partial charge is 0.491 e. The number of aromatic nitrogens is 1. The van der Waals surface area contributed by atoms with E-state index < -0.39 is 0 Å². The molecule has 2 rings (SSSR count). The predicted octanol–water partition coefficient (Wildman–Crippen LogP) is 1.65. The van der Waals surface area contributed by atoms with Gasteiger partial charge in [-0.1, -0.05) is 6.92 Å². The third-order valence-electron chi connectivity index (χ3n) is 4.28. The van der Waals surface area contributed by atoms with Crippen LogP contribution in [0.25, 0.3) is 0 Å². The molecule has 0 spiro atoms. The van der Waals surface area contributed by atoms with Gasteiger partial charge in [0.1, 0.15) is 18.1 Å². The normalized spacial score (nSPS) is 16.1. The molecule has 0 aromatic carbocycles. The Morgan fingerprint density at radius 1 is 1.12 bits per heavy atom. The first kappa shape index (κ1) is 18.5. The second-order valence-electron chi connectivity index (χ2n) is 6.17. The van der Waals surface area contributed by atoms with Crippen molar-refractivity contribution in [2.75, 3.05) is 45.9 Å². The summed E-state index contributed by atoms with van der Waals surface area (Å²) in [5.74, 6) is 0.979. The zero-order valence-corrected chi connectivity index (χ0v) is 14.7. The fourth-order valence-corrected chi connectivity index (χ4v) is 2.70. The fraction of sp³-hybridized carbons (Fsp3) is 0.611. The van der Waals surface area contributed by atoms with Crippen LogP contribution in [0.3, 0.4) is 0 Å². The van der Waals surface area contributed by atoms with E-state index in [0.717, 1.165) is 39.3 Å². The second-order valence-corrected chi connectivity index (χ2v) is 6.17. The van der Waals surface area contributed by atoms with Gasteiger partial charge in [-0.25, -0.2) is 0 Å². The molecule has 0 bridgehead atoms. The van der Waals surface area contributed by atoms with Gasteiger partial charge in [-0.15, -0.1) is 0 Å². The number of pyridine rings is 1. The van der Waals surface area contributed by atoms with Crippen LogP contribution in [0, 0.1) is 0 Å². The van der Waals surface area contributed by atoms with Crippen LogP contribution in [0.1, 0.15) is 37.0 Å². The highest BCUT2D eigenvalue weighted by Gasteiger charge is 2.16. The van der Waals surface area contributed by atoms with E-state index in [1.54, 1.807) is 25.4 Å². The van der Waals surface area contributed by atoms with Gasteiger partial charge in [0.2, 0.25) is 0 Å². The molecule has 0 aliphatic carbocycles. The SMILES string of the molecule is CCC(=O)c1cncc(OCCN2CCN(CCC(C)=O)CC2)c1. The van der Waals surface area contributed by atoms with Gasteiger partial charge in [0.25, 0.3) is 0 Å². The quantitative estimate of drug-likeness (QED) is 0.640. The number of hydrogen-bond donors (Lipinski definition) is 0. The number of hydrogen-bond acceptors (Lipinski definition) is 6. The second kappa shape index (κ2) is 9.49. The topological polar surface area (TPSA) is 62.7 Å². The molecule has 2 heterocycles. The Morgan fingerprint density at radius 3 is 2.42 bits per heavy atom. The van der Waals surface area contributed by atoms with Gasteiger partial charge in [0, 0.05) is 63.9 Å². The van der Waals surface area contributed by atoms with Crippen molar-refractivity contribution in [1.29, 1.82) is 0 Å². The molecule has 24 heavy (non-hydrogen) atoms. The zero-order valence-electron chi connectivity index (χ0n) is 14.7. The minimum absolute atomic E-state index is 0.0784. The van der Waals surface area contributed by atoms with Crippen LogP contribution in [0.15, 0.2) is 18.5 Å². The van der Waals surface area contributed by atoms with E-state index in [9.17, 15) is 9.59 Å². The molecule has 0 atom stereocenters. The molecule has 1 aromatic rings. The maximum atomic E-state index is 11.7. The Hall–Kier alpha value is -1.79. The maximum Gasteiger partial charge on any atom is 0.164 e. The lowest BCUT2D eigenvalue weighted by Gasteiger charge is -2.34. The number of carbonyl (C=O) groups excluding carboxylic acids is 2. The van der Waals surface area contributed by atoms with Crippen LogP contribution >= 0.6 is 0 Å². The molecule has 0 radical (unpaired) electrons. The predicted molar refractivity (Wildman–Crippen MR) is 92.5 cm³/mol. The smallest absolute Gasteiger partial charge is 0.164 e. The van der Waals surface area contributed by atoms with E-state index in [-0.39, 0.29) is 11.6 Å². The summed E-state index contributed by atoms with van der Waals surface area (Å²) in [6, 6.07) is 1.76. The van der Waals surface area contributed by atoms with E-state index in [2.05, 4.69) is 14.8 Å². The highest BCUT2D eigenvalue weighted by Crippen LogP contribution is 2.13. The molecule has 6 nitrogen and oxygen atoms in total. The summed E-state index contributed by atoms with van der Waals surface area (Å²) in [6.45, 7) is 9.76. The molecule has 1 aromatic heterocycles. The van der Waals surface area contributed by atoms with Crippen LogP contribution in [0.4, 0.5) is 0 Å². The number of carbonyl (C=O) groups is 2. The first-order chi connectivity index (χ1) is 11.6. The summed E-state index contributed by atoms with van der Waals surface area (Å²) in [7, 11) is 0. The Balaban J connectivity index is 1.68. The molecule has 1 saturated heterocycles. The standard InChI is InChI=1S/C18H27N3O3/c1-3-18(23)16-12-17(14-19-13-16)24-11-10-21-8-6-20(7-9-21)5-4-15(2)22/h12-14H,3-11H2,1-2H3. The van der Waals surface area contributed by atoms with Crippen molar-refractivity contribution >= 4 is 11.6 Å². The van der Waals surface area contributed by atoms with Crippen LogP contribution in [-0.4, -0.2) is 72.2 Å². The van der Waals surface area contributed by atoms with Crippen molar-refractivity contribution in [3.05, 3.63) is 24.0 Å². The summed E-state index contributed by atoms with van der Waals surface area (Å²) >= 11 is 0. The first-order valence-electron chi connectivity index (χ1n) is 8.63. The minimum Gasteiger partial charge on any atom is -0.491 e. The molecule has 132 valence electrons. The van der Waals surface area contributed by atoms with Gasteiger partial charge in [-0.2, -0.15) is 0 Å². The number of rotatable bonds is 9. The first-order valence-corrected chi connectivity index (χ1v) is 8.63. The van der Waals surface area contributed by atoms with Gasteiger partial charge in [-0.05, 0) is 13.0 Å². The van der Waals surface area contributed by atoms with Crippen LogP contribution in [0.2, 0.25) is 0 Å². The molecular weight excluding hydrogens is 306 g/mol. The highest BCUT2D eigenvalue weighted by atomic mass is 16.5. The number of ether oxygens (including phenoxy) is 1. The van der Waals surface area contributed by atoms with Gasteiger partial charge in [0.05, 0.1) is 6.20 Å². The summed E-state index contributed by atoms with van der Waals surface area (Å²) < 4.78 is 5.74. The Labute approximate surface area is 143 Å². The molecule has 1 aliphatic heterocycles. The summed E-state index contributed by atoms with van der Waals surface area (Å²) in [6.07, 6.45) is 4.34. The average molecular weight is 333 g/mol. The van der Waals surface area contributed by atoms with Gasteiger partial charge in [0.15, 0.2) is 5.78 Å². The molecule has 6 heteroatoms. The van der Waals surface area contributed by atoms with Gasteiger partial charge < -0.3 is 9.64 Å². The monoisotopic (exact) mass is 333 g/mol. The van der Waals surface area contributed by atoms with Crippen molar-refractivity contribution < 1.29 is 14.3 Å². The Bertz CT molecular complexity index is 554. The average Bonchev–Trinajstić information content (AvgIpc) is 2.60. The lowest BCUT2D eigenvalue weighted by molar-refractivity contribution is -0.117. The molecule has 0 unspecified atom stereocenters. The number of nitrogens with zero attached hydrogens (tertiary/aromatic N) is 3. The minimum atomic E-state index is 0.0784. The number of Topliss-reactive ketones (excluding diaryl/α,β-unsaturated/α-hetero) is 2. The van der Waals surface area contributed by atoms with Gasteiger partial charge in [-0.3, -0.25) is 19.5 Å². The van der Waals surface area contributed by atoms with Crippen LogP contribution in [0.5, 0.6) is 5.75 Å². The summed E-state index contributed by atoms with van der Waals surface area (Å²) in [4.78, 5) is 31.5. The number of piperazine rings is 1. The van der Waals surface area contributed by atoms with Gasteiger partial charge >= 0.3 is 0 Å². The van der Waals surface area contributed by atoms with Crippen molar-refractivity contribution in [2.45, 2.75) is 26.7 Å². The third-order valence-corrected chi connectivity index (χ3v) is 4.28. The fourth-order valence-electron chi connectivity index (χ4n) is 2.70. The maximum absolute atomic E-state index is 11.7. The van der Waals surface area contributed by atoms with Crippen molar-refractivity contribution in [3.8, 4) is 5.75 Å². The van der Waals surface area contributed by atoms with E-state index in [0.29, 0.717) is 30.8 Å². The van der Waals surface area contributed by atoms with Crippen LogP contribution < -0.4 is 4.74 Å². The summed E-state index contributed by atoms with van der Waals surface area (Å²) in [5.41, 5.74) is 0.606. The molecule has 1 aliphatic rings. The van der Waals surface area contributed by atoms with Crippen molar-refractivity contribution in [2.24, 2.45) is 0 Å². The molecule has 0 amide bonds. The van der Waals surface area contributed by atoms with Crippen molar-refractivity contribution in [3.63, 3.8) is 0 Å². The third kappa shape index (κ3) is 6.02.